The number of guanidine groups is 1. The van der Waals surface area contributed by atoms with Crippen molar-refractivity contribution in [3.8, 4) is 11.1 Å². The van der Waals surface area contributed by atoms with Crippen molar-refractivity contribution in [2.75, 3.05) is 0 Å². The second-order valence-electron chi connectivity index (χ2n) is 4.10. The Morgan fingerprint density at radius 2 is 1.71 bits per heavy atom. The van der Waals surface area contributed by atoms with Gasteiger partial charge >= 0.3 is 5.03 Å². The summed E-state index contributed by atoms with van der Waals surface area (Å²) in [6.45, 7) is 0. The lowest BCUT2D eigenvalue weighted by Gasteiger charge is -2.01. The Morgan fingerprint density at radius 1 is 1.10 bits per heavy atom. The zero-order valence-corrected chi connectivity index (χ0v) is 11.0. The maximum Gasteiger partial charge on any atom is 0.362 e. The number of hydrogen-bond acceptors (Lipinski definition) is 3. The highest BCUT2D eigenvalue weighted by Crippen LogP contribution is 2.18. The molecule has 0 fully saturated rings. The van der Waals surface area contributed by atoms with E-state index in [0.717, 1.165) is 16.7 Å². The van der Waals surface area contributed by atoms with E-state index in [0.29, 0.717) is 0 Å². The maximum absolute atomic E-state index is 10.2. The fraction of sp³-hybridized carbons (Fsp3) is 0. The Labute approximate surface area is 120 Å². The molecule has 2 aromatic carbocycles. The first-order valence-corrected chi connectivity index (χ1v) is 6.10. The Morgan fingerprint density at radius 3 is 2.33 bits per heavy atom. The number of nitrogens with zero attached hydrogens (tertiary/aromatic N) is 3. The van der Waals surface area contributed by atoms with Crippen LogP contribution in [0.5, 0.6) is 0 Å². The number of rotatable bonds is 4. The minimum Gasteiger partial charge on any atom is -0.364 e. The summed E-state index contributed by atoms with van der Waals surface area (Å²) in [5.74, 6) is -0.315. The molecule has 0 aliphatic rings. The zero-order valence-electron chi connectivity index (χ0n) is 11.0. The van der Waals surface area contributed by atoms with E-state index >= 15 is 0 Å². The number of nitrogens with one attached hydrogen (secondary N) is 1. The number of benzene rings is 2. The molecule has 0 saturated heterocycles. The Bertz CT molecular complexity index is 666. The van der Waals surface area contributed by atoms with Gasteiger partial charge in [-0.15, -0.1) is 5.10 Å². The van der Waals surface area contributed by atoms with Gasteiger partial charge in [0.2, 0.25) is 0 Å². The molecule has 0 unspecified atom stereocenters. The van der Waals surface area contributed by atoms with Crippen LogP contribution in [0.1, 0.15) is 5.56 Å². The fourth-order valence-electron chi connectivity index (χ4n) is 1.67. The molecule has 4 N–H and O–H groups in total. The van der Waals surface area contributed by atoms with Crippen molar-refractivity contribution in [3.05, 3.63) is 65.1 Å². The molecule has 7 nitrogen and oxygen atoms in total. The van der Waals surface area contributed by atoms with Gasteiger partial charge in [0.05, 0.1) is 6.21 Å². The molecule has 7 heteroatoms. The van der Waals surface area contributed by atoms with E-state index in [1.54, 1.807) is 5.43 Å². The summed E-state index contributed by atoms with van der Waals surface area (Å²) >= 11 is 0. The topological polar surface area (TPSA) is 103 Å². The third-order valence-corrected chi connectivity index (χ3v) is 2.60. The van der Waals surface area contributed by atoms with Crippen molar-refractivity contribution in [1.29, 1.82) is 0 Å². The van der Waals surface area contributed by atoms with E-state index < -0.39 is 5.03 Å². The smallest absolute Gasteiger partial charge is 0.362 e. The minimum absolute atomic E-state index is 0.315. The molecule has 2 aromatic rings. The van der Waals surface area contributed by atoms with E-state index in [4.69, 9.17) is 10.9 Å². The van der Waals surface area contributed by atoms with Crippen LogP contribution in [0, 0.1) is 4.91 Å². The molecule has 106 valence electrons. The van der Waals surface area contributed by atoms with Crippen molar-refractivity contribution in [2.45, 2.75) is 0 Å². The monoisotopic (exact) mass is 284 g/mol. The van der Waals surface area contributed by atoms with Crippen LogP contribution in [0.15, 0.2) is 64.8 Å². The van der Waals surface area contributed by atoms with Gasteiger partial charge in [-0.1, -0.05) is 54.6 Å². The lowest BCUT2D eigenvalue weighted by Crippen LogP contribution is -2.36. The maximum atomic E-state index is 10.2. The molecule has 0 aromatic heterocycles. The number of hydrazine groups is 1. The molecule has 2 rings (SSSR count). The predicted molar refractivity (Wildman–Crippen MR) is 79.6 cm³/mol. The van der Waals surface area contributed by atoms with Crippen molar-refractivity contribution >= 4 is 12.2 Å². The number of nitrogens with two attached hydrogens (primary N) is 1. The van der Waals surface area contributed by atoms with E-state index in [1.165, 1.54) is 6.21 Å². The molecular weight excluding hydrogens is 270 g/mol. The molecule has 0 saturated carbocycles. The summed E-state index contributed by atoms with van der Waals surface area (Å²) in [7, 11) is 0. The van der Waals surface area contributed by atoms with Gasteiger partial charge in [0.15, 0.2) is 0 Å². The van der Waals surface area contributed by atoms with Crippen molar-refractivity contribution in [2.24, 2.45) is 15.9 Å². The van der Waals surface area contributed by atoms with Crippen LogP contribution in [-0.4, -0.2) is 22.4 Å². The normalized spacial score (nSPS) is 11.5. The fourth-order valence-corrected chi connectivity index (χ4v) is 1.67. The summed E-state index contributed by atoms with van der Waals surface area (Å²) in [6, 6.07) is 17.7. The van der Waals surface area contributed by atoms with Crippen LogP contribution in [0.25, 0.3) is 11.1 Å². The van der Waals surface area contributed by atoms with Gasteiger partial charge in [0.25, 0.3) is 5.96 Å². The summed E-state index contributed by atoms with van der Waals surface area (Å²) in [4.78, 5) is 10.2. The first-order chi connectivity index (χ1) is 10.1. The van der Waals surface area contributed by atoms with Crippen LogP contribution in [0.4, 0.5) is 0 Å². The zero-order chi connectivity index (χ0) is 15.1. The molecular formula is C14H14N5O2+. The Hall–Kier alpha value is -3.22. The molecule has 0 aliphatic heterocycles. The molecule has 0 radical (unpaired) electrons. The van der Waals surface area contributed by atoms with Crippen molar-refractivity contribution in [3.63, 3.8) is 0 Å². The number of hydrogen-bond donors (Lipinski definition) is 3. The van der Waals surface area contributed by atoms with E-state index in [2.05, 4.69) is 10.2 Å². The molecule has 21 heavy (non-hydrogen) atoms. The predicted octanol–water partition coefficient (Wildman–Crippen LogP) is 1.67. The summed E-state index contributed by atoms with van der Waals surface area (Å²) in [6.07, 6.45) is 1.48. The van der Waals surface area contributed by atoms with Gasteiger partial charge in [0, 0.05) is 0 Å². The van der Waals surface area contributed by atoms with E-state index in [1.807, 2.05) is 54.6 Å². The first-order valence-electron chi connectivity index (χ1n) is 6.10. The standard InChI is InChI=1S/C14H14N5O2/c15-14(18-19(20)21)17-16-10-11-6-8-13(9-7-11)12-4-2-1-3-5-12/h1-10H,(H,20,21)(H3,15,17,18)/q+1/b16-10+. The van der Waals surface area contributed by atoms with E-state index in [9.17, 15) is 4.91 Å². The van der Waals surface area contributed by atoms with Gasteiger partial charge in [0.1, 0.15) is 4.91 Å². The van der Waals surface area contributed by atoms with E-state index in [-0.39, 0.29) is 5.96 Å². The van der Waals surface area contributed by atoms with Gasteiger partial charge in [-0.2, -0.15) is 5.10 Å². The highest BCUT2D eigenvalue weighted by atomic mass is 16.7. The lowest BCUT2D eigenvalue weighted by atomic mass is 10.0. The Kier molecular flexibility index (Phi) is 4.60. The van der Waals surface area contributed by atoms with Gasteiger partial charge in [-0.3, -0.25) is 0 Å². The molecule has 0 amide bonds. The average Bonchev–Trinajstić information content (AvgIpc) is 2.48. The molecule has 0 spiro atoms. The SMILES string of the molecule is N/C(=N\N=C\c1ccc(-c2ccccc2)cc1)N[N+](=O)O. The summed E-state index contributed by atoms with van der Waals surface area (Å²) < 4.78 is 0. The van der Waals surface area contributed by atoms with Crippen LogP contribution in [-0.2, 0) is 0 Å². The molecule has 0 atom stereocenters. The van der Waals surface area contributed by atoms with Crippen molar-refractivity contribution < 1.29 is 10.2 Å². The second kappa shape index (κ2) is 6.80. The van der Waals surface area contributed by atoms with Crippen LogP contribution < -0.4 is 11.2 Å². The second-order valence-corrected chi connectivity index (χ2v) is 4.10. The molecule has 0 aliphatic carbocycles. The lowest BCUT2D eigenvalue weighted by molar-refractivity contribution is -0.822. The van der Waals surface area contributed by atoms with Gasteiger partial charge < -0.3 is 5.73 Å². The van der Waals surface area contributed by atoms with Crippen LogP contribution >= 0.6 is 0 Å². The van der Waals surface area contributed by atoms with Gasteiger partial charge in [-0.25, -0.2) is 5.21 Å². The molecule has 0 bridgehead atoms. The highest BCUT2D eigenvalue weighted by molar-refractivity contribution is 5.82. The largest absolute Gasteiger partial charge is 0.364 e. The molecule has 0 heterocycles. The highest BCUT2D eigenvalue weighted by Gasteiger charge is 2.03. The van der Waals surface area contributed by atoms with Gasteiger partial charge in [-0.05, 0) is 22.1 Å². The Balaban J connectivity index is 2.05. The minimum atomic E-state index is -0.553. The first kappa shape index (κ1) is 14.2. The third kappa shape index (κ3) is 4.43. The average molecular weight is 284 g/mol. The summed E-state index contributed by atoms with van der Waals surface area (Å²) in [5, 5.41) is 15.0. The van der Waals surface area contributed by atoms with Crippen LogP contribution in [0.3, 0.4) is 0 Å². The summed E-state index contributed by atoms with van der Waals surface area (Å²) in [5.41, 5.74) is 10.1. The quantitative estimate of drug-likeness (QED) is 0.451. The van der Waals surface area contributed by atoms with Crippen molar-refractivity contribution in [1.82, 2.24) is 5.43 Å². The van der Waals surface area contributed by atoms with Crippen LogP contribution in [0.2, 0.25) is 0 Å². The third-order valence-electron chi connectivity index (χ3n) is 2.60.